The number of amides is 1. The van der Waals surface area contributed by atoms with Crippen molar-refractivity contribution in [3.8, 4) is 28.9 Å². The van der Waals surface area contributed by atoms with Gasteiger partial charge in [-0.05, 0) is 0 Å². The molecule has 0 saturated heterocycles. The molecule has 0 spiro atoms. The topological polar surface area (TPSA) is 104 Å². The van der Waals surface area contributed by atoms with E-state index in [2.05, 4.69) is 0 Å². The van der Waals surface area contributed by atoms with Crippen molar-refractivity contribution in [1.29, 1.82) is 5.26 Å². The summed E-state index contributed by atoms with van der Waals surface area (Å²) >= 11 is 0. The molecule has 0 radical (unpaired) electrons. The molecule has 1 amide bonds. The summed E-state index contributed by atoms with van der Waals surface area (Å²) in [4.78, 5) is 25.8. The highest BCUT2D eigenvalue weighted by Gasteiger charge is 2.14. The van der Waals surface area contributed by atoms with Crippen LogP contribution >= 0.6 is 0 Å². The van der Waals surface area contributed by atoms with Crippen molar-refractivity contribution < 1.29 is 19.1 Å². The number of nitrogens with zero attached hydrogens (tertiary/aromatic N) is 2. The quantitative estimate of drug-likeness (QED) is 0.707. The SMILES string of the molecule is CN(CCC#N)C(=O)COc1cc(O)c2c(=O)cc(-c3ccccc3)oc2c1. The first kappa shape index (κ1) is 19.0. The fourth-order valence-electron chi connectivity index (χ4n) is 2.67. The zero-order valence-electron chi connectivity index (χ0n) is 15.2. The molecule has 7 nitrogen and oxygen atoms in total. The molecule has 3 aromatic rings. The maximum Gasteiger partial charge on any atom is 0.260 e. The van der Waals surface area contributed by atoms with E-state index in [1.807, 2.05) is 24.3 Å². The minimum atomic E-state index is -0.378. The Balaban J connectivity index is 1.88. The van der Waals surface area contributed by atoms with Crippen molar-refractivity contribution in [2.75, 3.05) is 20.2 Å². The van der Waals surface area contributed by atoms with Crippen LogP contribution in [-0.2, 0) is 4.79 Å². The molecule has 142 valence electrons. The van der Waals surface area contributed by atoms with Crippen molar-refractivity contribution in [1.82, 2.24) is 4.90 Å². The molecule has 0 aliphatic heterocycles. The lowest BCUT2D eigenvalue weighted by molar-refractivity contribution is -0.131. The van der Waals surface area contributed by atoms with E-state index in [-0.39, 0.29) is 46.8 Å². The Labute approximate surface area is 161 Å². The first-order chi connectivity index (χ1) is 13.5. The highest BCUT2D eigenvalue weighted by Crippen LogP contribution is 2.31. The molecule has 1 aromatic heterocycles. The second-order valence-electron chi connectivity index (χ2n) is 6.17. The van der Waals surface area contributed by atoms with Gasteiger partial charge in [0.05, 0.1) is 12.5 Å². The first-order valence-electron chi connectivity index (χ1n) is 8.59. The van der Waals surface area contributed by atoms with Gasteiger partial charge in [0.1, 0.15) is 28.2 Å². The molecular formula is C21H18N2O5. The van der Waals surface area contributed by atoms with Crippen molar-refractivity contribution in [3.63, 3.8) is 0 Å². The Hall–Kier alpha value is -3.79. The van der Waals surface area contributed by atoms with Crippen LogP contribution in [0.4, 0.5) is 0 Å². The van der Waals surface area contributed by atoms with Gasteiger partial charge >= 0.3 is 0 Å². The highest BCUT2D eigenvalue weighted by molar-refractivity contribution is 5.86. The first-order valence-corrected chi connectivity index (χ1v) is 8.59. The number of benzene rings is 2. The summed E-state index contributed by atoms with van der Waals surface area (Å²) in [5.41, 5.74) is 0.504. The summed E-state index contributed by atoms with van der Waals surface area (Å²) < 4.78 is 11.2. The van der Waals surface area contributed by atoms with Crippen molar-refractivity contribution in [2.24, 2.45) is 0 Å². The second kappa shape index (κ2) is 8.27. The predicted octanol–water partition coefficient (Wildman–Crippen LogP) is 2.92. The van der Waals surface area contributed by atoms with E-state index in [9.17, 15) is 14.7 Å². The molecule has 28 heavy (non-hydrogen) atoms. The van der Waals surface area contributed by atoms with E-state index < -0.39 is 0 Å². The summed E-state index contributed by atoms with van der Waals surface area (Å²) in [5.74, 6) is -0.0390. The zero-order valence-corrected chi connectivity index (χ0v) is 15.2. The number of nitriles is 1. The molecule has 0 aliphatic rings. The lowest BCUT2D eigenvalue weighted by Gasteiger charge is -2.16. The van der Waals surface area contributed by atoms with Crippen LogP contribution in [0.25, 0.3) is 22.3 Å². The lowest BCUT2D eigenvalue weighted by Crippen LogP contribution is -2.32. The maximum absolute atomic E-state index is 12.4. The van der Waals surface area contributed by atoms with Crippen LogP contribution in [0.3, 0.4) is 0 Å². The van der Waals surface area contributed by atoms with E-state index in [1.54, 1.807) is 19.2 Å². The Bertz CT molecular complexity index is 1100. The number of phenolic OH excluding ortho intramolecular Hbond substituents is 1. The molecular weight excluding hydrogens is 360 g/mol. The second-order valence-corrected chi connectivity index (χ2v) is 6.17. The van der Waals surface area contributed by atoms with E-state index in [0.29, 0.717) is 12.3 Å². The Kier molecular flexibility index (Phi) is 5.61. The van der Waals surface area contributed by atoms with E-state index in [4.69, 9.17) is 14.4 Å². The van der Waals surface area contributed by atoms with Crippen molar-refractivity contribution in [3.05, 3.63) is 58.8 Å². The van der Waals surface area contributed by atoms with Crippen LogP contribution in [-0.4, -0.2) is 36.1 Å². The number of carbonyl (C=O) groups excluding carboxylic acids is 1. The number of ether oxygens (including phenoxy) is 1. The number of aromatic hydroxyl groups is 1. The molecule has 0 bridgehead atoms. The minimum Gasteiger partial charge on any atom is -0.507 e. The number of likely N-dealkylation sites (N-methyl/N-ethyl adjacent to an activating group) is 1. The number of hydrogen-bond donors (Lipinski definition) is 1. The smallest absolute Gasteiger partial charge is 0.260 e. The number of fused-ring (bicyclic) bond motifs is 1. The Morgan fingerprint density at radius 3 is 2.71 bits per heavy atom. The molecule has 3 rings (SSSR count). The summed E-state index contributed by atoms with van der Waals surface area (Å²) in [6.45, 7) is 0.0342. The fourth-order valence-corrected chi connectivity index (χ4v) is 2.67. The average Bonchev–Trinajstić information content (AvgIpc) is 2.70. The summed E-state index contributed by atoms with van der Waals surface area (Å²) in [7, 11) is 1.58. The van der Waals surface area contributed by atoms with E-state index in [0.717, 1.165) is 5.56 Å². The Morgan fingerprint density at radius 2 is 2.00 bits per heavy atom. The van der Waals surface area contributed by atoms with Crippen molar-refractivity contribution >= 4 is 16.9 Å². The molecule has 1 heterocycles. The fraction of sp³-hybridized carbons (Fsp3) is 0.190. The third-order valence-corrected chi connectivity index (χ3v) is 4.19. The molecule has 7 heteroatoms. The monoisotopic (exact) mass is 378 g/mol. The third kappa shape index (κ3) is 4.13. The van der Waals surface area contributed by atoms with Gasteiger partial charge in [-0.25, -0.2) is 0 Å². The van der Waals surface area contributed by atoms with Gasteiger partial charge in [-0.3, -0.25) is 9.59 Å². The van der Waals surface area contributed by atoms with Gasteiger partial charge in [-0.1, -0.05) is 30.3 Å². The molecule has 0 saturated carbocycles. The van der Waals surface area contributed by atoms with Crippen LogP contribution < -0.4 is 10.2 Å². The van der Waals surface area contributed by atoms with Crippen LogP contribution in [0, 0.1) is 11.3 Å². The van der Waals surface area contributed by atoms with Gasteiger partial charge in [0.2, 0.25) is 0 Å². The van der Waals surface area contributed by atoms with Gasteiger partial charge in [-0.2, -0.15) is 5.26 Å². The van der Waals surface area contributed by atoms with Crippen LogP contribution in [0.5, 0.6) is 11.5 Å². The molecule has 2 aromatic carbocycles. The molecule has 0 fully saturated rings. The summed E-state index contributed by atoms with van der Waals surface area (Å²) in [5, 5.41) is 18.8. The highest BCUT2D eigenvalue weighted by atomic mass is 16.5. The maximum atomic E-state index is 12.4. The van der Waals surface area contributed by atoms with Gasteiger partial charge in [0, 0.05) is 37.4 Å². The van der Waals surface area contributed by atoms with Crippen molar-refractivity contribution in [2.45, 2.75) is 6.42 Å². The van der Waals surface area contributed by atoms with Crippen LogP contribution in [0.2, 0.25) is 0 Å². The third-order valence-electron chi connectivity index (χ3n) is 4.19. The van der Waals surface area contributed by atoms with Gasteiger partial charge in [0.15, 0.2) is 12.0 Å². The summed E-state index contributed by atoms with van der Waals surface area (Å²) in [6, 6.07) is 15.1. The number of rotatable bonds is 6. The molecule has 0 aliphatic carbocycles. The zero-order chi connectivity index (χ0) is 20.1. The van der Waals surface area contributed by atoms with Gasteiger partial charge in [-0.15, -0.1) is 0 Å². The lowest BCUT2D eigenvalue weighted by atomic mass is 10.1. The average molecular weight is 378 g/mol. The summed E-state index contributed by atoms with van der Waals surface area (Å²) in [6.07, 6.45) is 0.229. The predicted molar refractivity (Wildman–Crippen MR) is 103 cm³/mol. The van der Waals surface area contributed by atoms with Gasteiger partial charge < -0.3 is 19.2 Å². The molecule has 0 atom stereocenters. The van der Waals surface area contributed by atoms with E-state index >= 15 is 0 Å². The largest absolute Gasteiger partial charge is 0.507 e. The van der Waals surface area contributed by atoms with Crippen LogP contribution in [0.1, 0.15) is 6.42 Å². The standard InChI is InChI=1S/C21H18N2O5/c1-23(9-5-8-22)20(26)13-27-15-10-16(24)21-17(25)12-18(28-19(21)11-15)14-6-3-2-4-7-14/h2-4,6-7,10-12,24H,5,9,13H2,1H3. The number of carbonyl (C=O) groups is 1. The molecule has 0 unspecified atom stereocenters. The number of phenols is 1. The normalized spacial score (nSPS) is 10.4. The molecule has 1 N–H and O–H groups in total. The minimum absolute atomic E-state index is 0.0458. The van der Waals surface area contributed by atoms with Gasteiger partial charge in [0.25, 0.3) is 5.91 Å². The van der Waals surface area contributed by atoms with Crippen LogP contribution in [0.15, 0.2) is 57.7 Å². The number of hydrogen-bond acceptors (Lipinski definition) is 6. The van der Waals surface area contributed by atoms with E-state index in [1.165, 1.54) is 23.1 Å². The Morgan fingerprint density at radius 1 is 1.25 bits per heavy atom.